The maximum absolute atomic E-state index is 6.04. The van der Waals surface area contributed by atoms with Gasteiger partial charge in [0.15, 0.2) is 0 Å². The predicted molar refractivity (Wildman–Crippen MR) is 78.0 cm³/mol. The Balaban J connectivity index is 1.84. The molecule has 0 unspecified atom stereocenters. The highest BCUT2D eigenvalue weighted by molar-refractivity contribution is 6.42. The number of piperidine rings is 1. The lowest BCUT2D eigenvalue weighted by atomic mass is 10.1. The molecule has 0 amide bonds. The Bertz CT molecular complexity index is 406. The molecule has 1 fully saturated rings. The van der Waals surface area contributed by atoms with E-state index in [9.17, 15) is 0 Å². The average Bonchev–Trinajstić information content (AvgIpc) is 2.37. The van der Waals surface area contributed by atoms with Crippen molar-refractivity contribution < 1.29 is 0 Å². The number of halogens is 3. The van der Waals surface area contributed by atoms with E-state index in [1.165, 1.54) is 32.4 Å². The minimum absolute atomic E-state index is 0.279. The Morgan fingerprint density at radius 3 is 2.56 bits per heavy atom. The number of likely N-dealkylation sites (tertiary alicyclic amines) is 1. The largest absolute Gasteiger partial charge is 0.367 e. The monoisotopic (exact) mass is 307 g/mol. The molecular weight excluding hydrogens is 293 g/mol. The Hall–Kier alpha value is -0.220. The third kappa shape index (κ3) is 3.89. The highest BCUT2D eigenvalue weighted by atomic mass is 35.5. The molecule has 0 saturated carbocycles. The highest BCUT2D eigenvalue weighted by Gasteiger charge is 2.11. The van der Waals surface area contributed by atoms with Crippen LogP contribution < -0.4 is 5.32 Å². The van der Waals surface area contributed by atoms with Crippen molar-refractivity contribution in [1.82, 2.24) is 9.88 Å². The molecule has 0 spiro atoms. The van der Waals surface area contributed by atoms with Crippen LogP contribution in [0.4, 0.5) is 5.82 Å². The molecule has 2 heterocycles. The number of hydrogen-bond acceptors (Lipinski definition) is 3. The van der Waals surface area contributed by atoms with Crippen LogP contribution in [0.3, 0.4) is 0 Å². The Morgan fingerprint density at radius 1 is 1.11 bits per heavy atom. The van der Waals surface area contributed by atoms with Crippen LogP contribution in [0.25, 0.3) is 0 Å². The Kier molecular flexibility index (Phi) is 5.37. The van der Waals surface area contributed by atoms with Crippen molar-refractivity contribution in [2.24, 2.45) is 0 Å². The minimum Gasteiger partial charge on any atom is -0.367 e. The van der Waals surface area contributed by atoms with E-state index in [0.29, 0.717) is 15.9 Å². The molecule has 18 heavy (non-hydrogen) atoms. The number of hydrogen-bond donors (Lipinski definition) is 1. The molecular formula is C12H16Cl3N3. The van der Waals surface area contributed by atoms with E-state index >= 15 is 0 Å². The summed E-state index contributed by atoms with van der Waals surface area (Å²) in [6.07, 6.45) is 3.95. The summed E-state index contributed by atoms with van der Waals surface area (Å²) in [5.74, 6) is 0.600. The van der Waals surface area contributed by atoms with Crippen molar-refractivity contribution in [2.45, 2.75) is 19.3 Å². The van der Waals surface area contributed by atoms with Crippen LogP contribution in [0.1, 0.15) is 19.3 Å². The molecule has 1 aliphatic rings. The fraction of sp³-hybridized carbons (Fsp3) is 0.583. The van der Waals surface area contributed by atoms with Gasteiger partial charge in [-0.1, -0.05) is 41.2 Å². The first-order chi connectivity index (χ1) is 8.66. The van der Waals surface area contributed by atoms with E-state index in [1.54, 1.807) is 6.07 Å². The number of nitrogens with one attached hydrogen (secondary N) is 1. The van der Waals surface area contributed by atoms with E-state index in [0.717, 1.165) is 13.1 Å². The second-order valence-electron chi connectivity index (χ2n) is 4.42. The van der Waals surface area contributed by atoms with Crippen LogP contribution in [0.5, 0.6) is 0 Å². The quantitative estimate of drug-likeness (QED) is 0.854. The summed E-state index contributed by atoms with van der Waals surface area (Å²) >= 11 is 17.7. The SMILES string of the molecule is Clc1cc(Cl)c(NCCN2CCCCC2)nc1Cl. The third-order valence-electron chi connectivity index (χ3n) is 3.06. The molecule has 0 aromatic carbocycles. The average molecular weight is 309 g/mol. The number of rotatable bonds is 4. The fourth-order valence-corrected chi connectivity index (χ4v) is 2.65. The van der Waals surface area contributed by atoms with Crippen LogP contribution >= 0.6 is 34.8 Å². The van der Waals surface area contributed by atoms with Crippen LogP contribution in [0, 0.1) is 0 Å². The first kappa shape index (κ1) is 14.2. The molecule has 0 aliphatic carbocycles. The molecule has 1 saturated heterocycles. The van der Waals surface area contributed by atoms with Gasteiger partial charge in [0, 0.05) is 13.1 Å². The summed E-state index contributed by atoms with van der Waals surface area (Å²) in [6, 6.07) is 1.61. The molecule has 1 aromatic heterocycles. The number of anilines is 1. The van der Waals surface area contributed by atoms with Crippen LogP contribution in [0.15, 0.2) is 6.07 Å². The van der Waals surface area contributed by atoms with Crippen molar-refractivity contribution in [3.05, 3.63) is 21.3 Å². The van der Waals surface area contributed by atoms with Gasteiger partial charge in [0.2, 0.25) is 0 Å². The fourth-order valence-electron chi connectivity index (χ4n) is 2.08. The normalized spacial score (nSPS) is 16.8. The van der Waals surface area contributed by atoms with E-state index in [2.05, 4.69) is 15.2 Å². The van der Waals surface area contributed by atoms with Crippen molar-refractivity contribution in [2.75, 3.05) is 31.5 Å². The summed E-state index contributed by atoms with van der Waals surface area (Å²) in [5, 5.41) is 4.36. The number of aromatic nitrogens is 1. The molecule has 100 valence electrons. The molecule has 2 rings (SSSR count). The smallest absolute Gasteiger partial charge is 0.150 e. The van der Waals surface area contributed by atoms with E-state index in [-0.39, 0.29) is 5.15 Å². The van der Waals surface area contributed by atoms with Gasteiger partial charge in [-0.15, -0.1) is 0 Å². The first-order valence-corrected chi connectivity index (χ1v) is 7.28. The molecule has 0 atom stereocenters. The van der Waals surface area contributed by atoms with Crippen molar-refractivity contribution in [3.8, 4) is 0 Å². The second kappa shape index (κ2) is 6.80. The van der Waals surface area contributed by atoms with Gasteiger partial charge in [-0.25, -0.2) is 4.98 Å². The van der Waals surface area contributed by atoms with Gasteiger partial charge in [0.1, 0.15) is 11.0 Å². The third-order valence-corrected chi connectivity index (χ3v) is 4.02. The van der Waals surface area contributed by atoms with Gasteiger partial charge >= 0.3 is 0 Å². The van der Waals surface area contributed by atoms with Crippen molar-refractivity contribution >= 4 is 40.6 Å². The Labute approximate surface area is 122 Å². The zero-order chi connectivity index (χ0) is 13.0. The van der Waals surface area contributed by atoms with E-state index in [4.69, 9.17) is 34.8 Å². The summed E-state index contributed by atoms with van der Waals surface area (Å²) in [6.45, 7) is 4.18. The highest BCUT2D eigenvalue weighted by Crippen LogP contribution is 2.28. The number of pyridine rings is 1. The summed E-state index contributed by atoms with van der Waals surface area (Å²) in [7, 11) is 0. The van der Waals surface area contributed by atoms with Crippen LogP contribution in [-0.2, 0) is 0 Å². The summed E-state index contributed by atoms with van der Waals surface area (Å²) in [5.41, 5.74) is 0. The molecule has 1 aliphatic heterocycles. The predicted octanol–water partition coefficient (Wildman–Crippen LogP) is 3.94. The first-order valence-electron chi connectivity index (χ1n) is 6.14. The zero-order valence-corrected chi connectivity index (χ0v) is 12.3. The van der Waals surface area contributed by atoms with E-state index in [1.807, 2.05) is 0 Å². The molecule has 6 heteroatoms. The Morgan fingerprint density at radius 2 is 1.83 bits per heavy atom. The van der Waals surface area contributed by atoms with Crippen molar-refractivity contribution in [3.63, 3.8) is 0 Å². The van der Waals surface area contributed by atoms with E-state index < -0.39 is 0 Å². The maximum Gasteiger partial charge on any atom is 0.150 e. The van der Waals surface area contributed by atoms with Gasteiger partial charge in [0.05, 0.1) is 10.0 Å². The van der Waals surface area contributed by atoms with Gasteiger partial charge in [-0.05, 0) is 32.0 Å². The molecule has 1 aromatic rings. The zero-order valence-electron chi connectivity index (χ0n) is 10.1. The molecule has 0 bridgehead atoms. The van der Waals surface area contributed by atoms with Crippen molar-refractivity contribution in [1.29, 1.82) is 0 Å². The lowest BCUT2D eigenvalue weighted by molar-refractivity contribution is 0.237. The van der Waals surface area contributed by atoms with Gasteiger partial charge in [-0.3, -0.25) is 0 Å². The van der Waals surface area contributed by atoms with Crippen LogP contribution in [0.2, 0.25) is 15.2 Å². The molecule has 3 nitrogen and oxygen atoms in total. The summed E-state index contributed by atoms with van der Waals surface area (Å²) in [4.78, 5) is 6.57. The molecule has 1 N–H and O–H groups in total. The second-order valence-corrected chi connectivity index (χ2v) is 5.59. The maximum atomic E-state index is 6.04. The molecule has 0 radical (unpaired) electrons. The van der Waals surface area contributed by atoms with Gasteiger partial charge in [-0.2, -0.15) is 0 Å². The standard InChI is InChI=1S/C12H16Cl3N3/c13-9-8-10(14)12(17-11(9)15)16-4-7-18-5-2-1-3-6-18/h8H,1-7H2,(H,16,17). The van der Waals surface area contributed by atoms with Gasteiger partial charge in [0.25, 0.3) is 0 Å². The lowest BCUT2D eigenvalue weighted by Gasteiger charge is -2.26. The van der Waals surface area contributed by atoms with Crippen LogP contribution in [-0.4, -0.2) is 36.1 Å². The van der Waals surface area contributed by atoms with Gasteiger partial charge < -0.3 is 10.2 Å². The summed E-state index contributed by atoms with van der Waals surface area (Å²) < 4.78 is 0. The lowest BCUT2D eigenvalue weighted by Crippen LogP contribution is -2.33. The topological polar surface area (TPSA) is 28.2 Å². The minimum atomic E-state index is 0.279. The number of nitrogens with zero attached hydrogens (tertiary/aromatic N) is 2.